The lowest BCUT2D eigenvalue weighted by molar-refractivity contribution is 0.303. The SMILES string of the molecule is O=S1CCN(CCc2ccc3ncnc(Nc4ccc(S(=O)(=O)c5ccccc5)cc4)c3c2)CC1. The largest absolute Gasteiger partial charge is 0.340 e. The summed E-state index contributed by atoms with van der Waals surface area (Å²) in [6.07, 6.45) is 2.41. The lowest BCUT2D eigenvalue weighted by atomic mass is 10.1. The highest BCUT2D eigenvalue weighted by molar-refractivity contribution is 7.91. The first-order valence-corrected chi connectivity index (χ1v) is 14.4. The molecule has 0 spiro atoms. The van der Waals surface area contributed by atoms with Crippen molar-refractivity contribution in [3.63, 3.8) is 0 Å². The number of anilines is 2. The van der Waals surface area contributed by atoms with E-state index in [9.17, 15) is 12.6 Å². The fourth-order valence-corrected chi connectivity index (χ4v) is 6.55. The maximum Gasteiger partial charge on any atom is 0.206 e. The standard InChI is InChI=1S/C26H26N4O3S2/c31-34-16-14-30(15-17-34)13-12-20-6-11-25-24(18-20)26(28-19-27-25)29-21-7-9-23(10-8-21)35(32,33)22-4-2-1-3-5-22/h1-11,18-19H,12-17H2,(H,27,28,29). The Labute approximate surface area is 207 Å². The third-order valence-electron chi connectivity index (χ3n) is 6.17. The molecular weight excluding hydrogens is 480 g/mol. The Morgan fingerprint density at radius 3 is 2.34 bits per heavy atom. The number of nitrogens with zero attached hydrogens (tertiary/aromatic N) is 3. The van der Waals surface area contributed by atoms with Crippen molar-refractivity contribution in [3.05, 3.63) is 84.7 Å². The molecule has 0 unspecified atom stereocenters. The van der Waals surface area contributed by atoms with Crippen molar-refractivity contribution in [2.45, 2.75) is 16.2 Å². The van der Waals surface area contributed by atoms with Crippen LogP contribution in [0.25, 0.3) is 10.9 Å². The molecule has 1 saturated heterocycles. The zero-order chi connectivity index (χ0) is 24.3. The van der Waals surface area contributed by atoms with Gasteiger partial charge in [0.15, 0.2) is 0 Å². The van der Waals surface area contributed by atoms with E-state index in [2.05, 4.69) is 32.3 Å². The molecule has 2 heterocycles. The van der Waals surface area contributed by atoms with E-state index in [4.69, 9.17) is 0 Å². The monoisotopic (exact) mass is 506 g/mol. The Morgan fingerprint density at radius 2 is 1.60 bits per heavy atom. The van der Waals surface area contributed by atoms with Gasteiger partial charge in [-0.15, -0.1) is 0 Å². The first kappa shape index (κ1) is 23.6. The number of fused-ring (bicyclic) bond motifs is 1. The van der Waals surface area contributed by atoms with Crippen molar-refractivity contribution in [1.29, 1.82) is 0 Å². The number of benzene rings is 3. The first-order chi connectivity index (χ1) is 17.0. The van der Waals surface area contributed by atoms with E-state index in [0.717, 1.165) is 54.2 Å². The normalized spacial score (nSPS) is 15.3. The second-order valence-corrected chi connectivity index (χ2v) is 12.1. The van der Waals surface area contributed by atoms with E-state index in [0.29, 0.717) is 5.82 Å². The molecule has 0 radical (unpaired) electrons. The third kappa shape index (κ3) is 5.42. The molecule has 9 heteroatoms. The van der Waals surface area contributed by atoms with Gasteiger partial charge in [-0.1, -0.05) is 24.3 Å². The van der Waals surface area contributed by atoms with Crippen molar-refractivity contribution in [1.82, 2.24) is 14.9 Å². The van der Waals surface area contributed by atoms with Gasteiger partial charge in [0, 0.05) is 53.0 Å². The molecule has 0 atom stereocenters. The Kier molecular flexibility index (Phi) is 6.90. The molecule has 1 N–H and O–H groups in total. The summed E-state index contributed by atoms with van der Waals surface area (Å²) < 4.78 is 37.3. The Hall–Kier alpha value is -3.14. The van der Waals surface area contributed by atoms with Crippen LogP contribution in [0, 0.1) is 0 Å². The van der Waals surface area contributed by atoms with Crippen LogP contribution in [0.1, 0.15) is 5.56 Å². The maximum atomic E-state index is 12.8. The summed E-state index contributed by atoms with van der Waals surface area (Å²) in [5.74, 6) is 2.18. The van der Waals surface area contributed by atoms with Gasteiger partial charge in [0.05, 0.1) is 15.3 Å². The van der Waals surface area contributed by atoms with Crippen molar-refractivity contribution < 1.29 is 12.6 Å². The predicted octanol–water partition coefficient (Wildman–Crippen LogP) is 3.81. The van der Waals surface area contributed by atoms with Gasteiger partial charge in [-0.05, 0) is 60.5 Å². The van der Waals surface area contributed by atoms with Gasteiger partial charge in [-0.2, -0.15) is 0 Å². The molecule has 7 nitrogen and oxygen atoms in total. The van der Waals surface area contributed by atoms with Crippen molar-refractivity contribution in [3.8, 4) is 0 Å². The molecule has 3 aromatic carbocycles. The summed E-state index contributed by atoms with van der Waals surface area (Å²) in [5.41, 5.74) is 2.76. The topological polar surface area (TPSA) is 92.3 Å². The molecule has 4 aromatic rings. The highest BCUT2D eigenvalue weighted by Crippen LogP contribution is 2.27. The summed E-state index contributed by atoms with van der Waals surface area (Å²) in [6, 6.07) is 21.3. The summed E-state index contributed by atoms with van der Waals surface area (Å²) in [6.45, 7) is 2.69. The zero-order valence-electron chi connectivity index (χ0n) is 19.1. The molecule has 180 valence electrons. The number of sulfone groups is 1. The number of hydrogen-bond donors (Lipinski definition) is 1. The molecule has 0 aliphatic carbocycles. The summed E-state index contributed by atoms with van der Waals surface area (Å²) in [4.78, 5) is 11.7. The van der Waals surface area contributed by atoms with E-state index in [1.165, 1.54) is 11.9 Å². The molecule has 1 aliphatic heterocycles. The van der Waals surface area contributed by atoms with Crippen LogP contribution in [-0.2, 0) is 27.1 Å². The number of aromatic nitrogens is 2. The summed E-state index contributed by atoms with van der Waals surface area (Å²) in [5, 5.41) is 4.22. The average Bonchev–Trinajstić information content (AvgIpc) is 2.89. The fourth-order valence-electron chi connectivity index (χ4n) is 4.14. The third-order valence-corrected chi connectivity index (χ3v) is 9.23. The van der Waals surface area contributed by atoms with Crippen LogP contribution in [0.2, 0.25) is 0 Å². The second-order valence-electron chi connectivity index (χ2n) is 8.48. The lowest BCUT2D eigenvalue weighted by Crippen LogP contribution is -2.38. The van der Waals surface area contributed by atoms with Crippen LogP contribution in [0.5, 0.6) is 0 Å². The van der Waals surface area contributed by atoms with Gasteiger partial charge in [-0.3, -0.25) is 4.21 Å². The highest BCUT2D eigenvalue weighted by atomic mass is 32.2. The van der Waals surface area contributed by atoms with Crippen LogP contribution in [0.15, 0.2) is 88.9 Å². The molecule has 5 rings (SSSR count). The number of hydrogen-bond acceptors (Lipinski definition) is 7. The molecule has 1 aromatic heterocycles. The molecule has 1 fully saturated rings. The smallest absolute Gasteiger partial charge is 0.206 e. The lowest BCUT2D eigenvalue weighted by Gasteiger charge is -2.26. The Morgan fingerprint density at radius 1 is 0.886 bits per heavy atom. The first-order valence-electron chi connectivity index (χ1n) is 11.5. The van der Waals surface area contributed by atoms with E-state index >= 15 is 0 Å². The van der Waals surface area contributed by atoms with Crippen LogP contribution >= 0.6 is 0 Å². The number of rotatable bonds is 7. The van der Waals surface area contributed by atoms with Crippen LogP contribution < -0.4 is 5.32 Å². The van der Waals surface area contributed by atoms with E-state index in [1.807, 2.05) is 6.07 Å². The molecular formula is C26H26N4O3S2. The minimum Gasteiger partial charge on any atom is -0.340 e. The minimum absolute atomic E-state index is 0.241. The molecule has 0 amide bonds. The van der Waals surface area contributed by atoms with Crippen molar-refractivity contribution >= 4 is 43.0 Å². The summed E-state index contributed by atoms with van der Waals surface area (Å²) >= 11 is 0. The van der Waals surface area contributed by atoms with Crippen LogP contribution in [0.3, 0.4) is 0 Å². The summed E-state index contributed by atoms with van der Waals surface area (Å²) in [7, 11) is -4.23. The highest BCUT2D eigenvalue weighted by Gasteiger charge is 2.17. The second kappa shape index (κ2) is 10.2. The van der Waals surface area contributed by atoms with Gasteiger partial charge >= 0.3 is 0 Å². The molecule has 1 aliphatic rings. The van der Waals surface area contributed by atoms with Gasteiger partial charge in [0.1, 0.15) is 12.1 Å². The van der Waals surface area contributed by atoms with E-state index < -0.39 is 20.6 Å². The number of nitrogens with one attached hydrogen (secondary N) is 1. The van der Waals surface area contributed by atoms with E-state index in [-0.39, 0.29) is 9.79 Å². The molecule has 0 saturated carbocycles. The van der Waals surface area contributed by atoms with Crippen LogP contribution in [0.4, 0.5) is 11.5 Å². The van der Waals surface area contributed by atoms with Gasteiger partial charge < -0.3 is 10.2 Å². The molecule has 0 bridgehead atoms. The Balaban J connectivity index is 1.33. The Bertz CT molecular complexity index is 1450. The van der Waals surface area contributed by atoms with Crippen molar-refractivity contribution in [2.24, 2.45) is 0 Å². The van der Waals surface area contributed by atoms with Gasteiger partial charge in [0.25, 0.3) is 0 Å². The van der Waals surface area contributed by atoms with E-state index in [1.54, 1.807) is 54.6 Å². The molecule has 35 heavy (non-hydrogen) atoms. The van der Waals surface area contributed by atoms with Crippen molar-refractivity contribution in [2.75, 3.05) is 36.5 Å². The fraction of sp³-hybridized carbons (Fsp3) is 0.231. The zero-order valence-corrected chi connectivity index (χ0v) is 20.8. The maximum absolute atomic E-state index is 12.8. The van der Waals surface area contributed by atoms with Crippen LogP contribution in [-0.4, -0.2) is 58.6 Å². The predicted molar refractivity (Wildman–Crippen MR) is 139 cm³/mol. The average molecular weight is 507 g/mol. The van der Waals surface area contributed by atoms with Gasteiger partial charge in [-0.25, -0.2) is 18.4 Å². The van der Waals surface area contributed by atoms with Gasteiger partial charge in [0.2, 0.25) is 9.84 Å². The quantitative estimate of drug-likeness (QED) is 0.407. The minimum atomic E-state index is -3.56.